The molecule has 1 saturated carbocycles. The lowest BCUT2D eigenvalue weighted by molar-refractivity contribution is -0.986. The fraction of sp³-hybridized carbons (Fsp3) is 1.00. The molecule has 0 spiro atoms. The fourth-order valence-electron chi connectivity index (χ4n) is 1.98. The van der Waals surface area contributed by atoms with E-state index in [4.69, 9.17) is 0 Å². The van der Waals surface area contributed by atoms with Crippen LogP contribution < -0.4 is 0 Å². The molecular formula is C7H11N3O6. The second-order valence-corrected chi connectivity index (χ2v) is 4.40. The molecule has 0 aromatic heterocycles. The minimum absolute atomic E-state index is 0.353. The Hall–Kier alpha value is -1.80. The van der Waals surface area contributed by atoms with Crippen LogP contribution in [0.4, 0.5) is 0 Å². The van der Waals surface area contributed by atoms with E-state index >= 15 is 0 Å². The molecule has 0 radical (unpaired) electrons. The van der Waals surface area contributed by atoms with E-state index in [1.807, 2.05) is 0 Å². The maximum absolute atomic E-state index is 10.8. The van der Waals surface area contributed by atoms with Crippen LogP contribution in [0.1, 0.15) is 26.7 Å². The van der Waals surface area contributed by atoms with Crippen LogP contribution in [0, 0.1) is 41.7 Å². The molecule has 0 N–H and O–H groups in total. The molecule has 0 bridgehead atoms. The van der Waals surface area contributed by atoms with E-state index in [2.05, 4.69) is 0 Å². The first-order valence-electron chi connectivity index (χ1n) is 4.62. The Bertz CT molecular complexity index is 325. The molecule has 0 unspecified atom stereocenters. The highest BCUT2D eigenvalue weighted by atomic mass is 16.7. The lowest BCUT2D eigenvalue weighted by Gasteiger charge is -2.23. The number of nitrogens with zero attached hydrogens (tertiary/aromatic N) is 3. The van der Waals surface area contributed by atoms with Gasteiger partial charge in [0.05, 0.1) is 0 Å². The van der Waals surface area contributed by atoms with Crippen molar-refractivity contribution in [3.8, 4) is 0 Å². The summed E-state index contributed by atoms with van der Waals surface area (Å²) in [5.74, 6) is -3.71. The van der Waals surface area contributed by atoms with Crippen LogP contribution >= 0.6 is 0 Å². The predicted octanol–water partition coefficient (Wildman–Crippen LogP) is 0.906. The van der Waals surface area contributed by atoms with Gasteiger partial charge in [0.15, 0.2) is 20.2 Å². The summed E-state index contributed by atoms with van der Waals surface area (Å²) in [7, 11) is 0. The van der Waals surface area contributed by atoms with Gasteiger partial charge in [-0.2, -0.15) is 0 Å². The highest BCUT2D eigenvalue weighted by Gasteiger charge is 2.83. The SMILES string of the molecule is CC(C)(C1CC1)C([N+](=O)[O-])([N+](=O)[O-])[N+](=O)[O-]. The largest absolute Gasteiger partial charge is 0.705 e. The first kappa shape index (κ1) is 12.3. The van der Waals surface area contributed by atoms with Crippen LogP contribution in [0.15, 0.2) is 0 Å². The average molecular weight is 233 g/mol. The number of hydrogen-bond acceptors (Lipinski definition) is 6. The summed E-state index contributed by atoms with van der Waals surface area (Å²) in [5, 5.41) is 32.4. The molecule has 0 aliphatic heterocycles. The van der Waals surface area contributed by atoms with Gasteiger partial charge in [0, 0.05) is 0 Å². The van der Waals surface area contributed by atoms with E-state index in [1.165, 1.54) is 13.8 Å². The summed E-state index contributed by atoms with van der Waals surface area (Å²) in [6, 6.07) is 0. The van der Waals surface area contributed by atoms with E-state index in [0.717, 1.165) is 0 Å². The predicted molar refractivity (Wildman–Crippen MR) is 50.2 cm³/mol. The van der Waals surface area contributed by atoms with Gasteiger partial charge in [-0.1, -0.05) is 0 Å². The summed E-state index contributed by atoms with van der Waals surface area (Å²) < 4.78 is 0. The van der Waals surface area contributed by atoms with Crippen LogP contribution in [-0.4, -0.2) is 20.6 Å². The van der Waals surface area contributed by atoms with Gasteiger partial charge in [-0.25, -0.2) is 0 Å². The van der Waals surface area contributed by atoms with Crippen molar-refractivity contribution in [1.29, 1.82) is 0 Å². The van der Waals surface area contributed by atoms with Crippen LogP contribution in [0.2, 0.25) is 0 Å². The van der Waals surface area contributed by atoms with Crippen molar-refractivity contribution in [2.75, 3.05) is 0 Å². The Labute approximate surface area is 89.9 Å². The third-order valence-electron chi connectivity index (χ3n) is 3.23. The molecule has 1 fully saturated rings. The van der Waals surface area contributed by atoms with Crippen LogP contribution in [0.5, 0.6) is 0 Å². The highest BCUT2D eigenvalue weighted by Crippen LogP contribution is 2.52. The quantitative estimate of drug-likeness (QED) is 0.394. The van der Waals surface area contributed by atoms with Gasteiger partial charge < -0.3 is 0 Å². The zero-order valence-electron chi connectivity index (χ0n) is 8.78. The van der Waals surface area contributed by atoms with Gasteiger partial charge >= 0.3 is 5.79 Å². The van der Waals surface area contributed by atoms with E-state index in [0.29, 0.717) is 12.8 Å². The maximum atomic E-state index is 10.8. The Morgan fingerprint density at radius 1 is 0.938 bits per heavy atom. The molecule has 9 heteroatoms. The van der Waals surface area contributed by atoms with Gasteiger partial charge in [0.25, 0.3) is 0 Å². The summed E-state index contributed by atoms with van der Waals surface area (Å²) in [6.07, 6.45) is 1.09. The van der Waals surface area contributed by atoms with Crippen molar-refractivity contribution in [3.63, 3.8) is 0 Å². The van der Waals surface area contributed by atoms with Gasteiger partial charge in [-0.15, -0.1) is 0 Å². The van der Waals surface area contributed by atoms with E-state index in [1.54, 1.807) is 0 Å². The van der Waals surface area contributed by atoms with Crippen LogP contribution in [0.25, 0.3) is 0 Å². The van der Waals surface area contributed by atoms with E-state index < -0.39 is 26.0 Å². The molecule has 0 amide bonds. The molecule has 0 heterocycles. The van der Waals surface area contributed by atoms with Gasteiger partial charge in [-0.05, 0) is 32.6 Å². The van der Waals surface area contributed by atoms with Gasteiger partial charge in [-0.3, -0.25) is 30.3 Å². The van der Waals surface area contributed by atoms with Crippen molar-refractivity contribution in [1.82, 2.24) is 0 Å². The van der Waals surface area contributed by atoms with Gasteiger partial charge in [0.1, 0.15) is 0 Å². The molecule has 0 aromatic rings. The molecule has 0 saturated heterocycles. The number of rotatable bonds is 5. The fourth-order valence-corrected chi connectivity index (χ4v) is 1.98. The molecule has 90 valence electrons. The lowest BCUT2D eigenvalue weighted by Crippen LogP contribution is -2.63. The third-order valence-corrected chi connectivity index (χ3v) is 3.23. The monoisotopic (exact) mass is 233 g/mol. The minimum atomic E-state index is -3.35. The zero-order valence-corrected chi connectivity index (χ0v) is 8.78. The summed E-state index contributed by atoms with van der Waals surface area (Å²) >= 11 is 0. The maximum Gasteiger partial charge on any atom is 0.705 e. The smallest absolute Gasteiger partial charge is 0.253 e. The molecule has 1 aliphatic rings. The second kappa shape index (κ2) is 3.35. The minimum Gasteiger partial charge on any atom is -0.253 e. The van der Waals surface area contributed by atoms with Crippen LogP contribution in [0.3, 0.4) is 0 Å². The summed E-state index contributed by atoms with van der Waals surface area (Å²) in [5.41, 5.74) is -1.61. The normalized spacial score (nSPS) is 16.9. The van der Waals surface area contributed by atoms with Crippen molar-refractivity contribution >= 4 is 0 Å². The zero-order chi connectivity index (χ0) is 12.7. The van der Waals surface area contributed by atoms with Crippen molar-refractivity contribution < 1.29 is 14.8 Å². The Kier molecular flexibility index (Phi) is 2.57. The van der Waals surface area contributed by atoms with Crippen molar-refractivity contribution in [2.24, 2.45) is 11.3 Å². The summed E-state index contributed by atoms with van der Waals surface area (Å²) in [6.45, 7) is 2.41. The van der Waals surface area contributed by atoms with Crippen molar-refractivity contribution in [2.45, 2.75) is 32.5 Å². The first-order valence-corrected chi connectivity index (χ1v) is 4.62. The Morgan fingerprint density at radius 2 is 1.25 bits per heavy atom. The lowest BCUT2D eigenvalue weighted by atomic mass is 9.80. The molecule has 9 nitrogen and oxygen atoms in total. The van der Waals surface area contributed by atoms with Crippen molar-refractivity contribution in [3.05, 3.63) is 30.3 Å². The Morgan fingerprint density at radius 3 is 1.44 bits per heavy atom. The van der Waals surface area contributed by atoms with E-state index in [-0.39, 0.29) is 5.92 Å². The molecule has 0 aromatic carbocycles. The second-order valence-electron chi connectivity index (χ2n) is 4.40. The molecule has 16 heavy (non-hydrogen) atoms. The molecular weight excluding hydrogens is 222 g/mol. The number of nitro groups is 3. The average Bonchev–Trinajstić information content (AvgIpc) is 2.81. The van der Waals surface area contributed by atoms with Gasteiger partial charge in [0.2, 0.25) is 0 Å². The highest BCUT2D eigenvalue weighted by molar-refractivity contribution is 4.93. The van der Waals surface area contributed by atoms with E-state index in [9.17, 15) is 30.3 Å². The van der Waals surface area contributed by atoms with Crippen LogP contribution in [-0.2, 0) is 0 Å². The first-order chi connectivity index (χ1) is 7.19. The topological polar surface area (TPSA) is 129 Å². The molecule has 1 aliphatic carbocycles. The molecule has 0 atom stereocenters. The Balaban J connectivity index is 3.37. The summed E-state index contributed by atoms with van der Waals surface area (Å²) in [4.78, 5) is 28.2. The molecule has 1 rings (SSSR count). The third kappa shape index (κ3) is 1.31. The number of hydrogen-bond donors (Lipinski definition) is 0. The standard InChI is InChI=1S/C7H11N3O6/c1-6(2,5-3-4-5)7(8(11)12,9(13)14)10(15)16/h5H,3-4H2,1-2H3.